The van der Waals surface area contributed by atoms with Gasteiger partial charge >= 0.3 is 0 Å². The number of methoxy groups -OCH3 is 1. The molecule has 1 unspecified atom stereocenters. The van der Waals surface area contributed by atoms with E-state index in [2.05, 4.69) is 19.1 Å². The van der Waals surface area contributed by atoms with Crippen molar-refractivity contribution in [3.63, 3.8) is 0 Å². The van der Waals surface area contributed by atoms with E-state index in [1.54, 1.807) is 7.11 Å². The molecule has 15 heavy (non-hydrogen) atoms. The second kappa shape index (κ2) is 6.46. The van der Waals surface area contributed by atoms with Crippen LogP contribution in [0.5, 0.6) is 0 Å². The Morgan fingerprint density at radius 1 is 1.27 bits per heavy atom. The lowest BCUT2D eigenvalue weighted by Crippen LogP contribution is -2.13. The van der Waals surface area contributed by atoms with Crippen molar-refractivity contribution in [1.82, 2.24) is 0 Å². The van der Waals surface area contributed by atoms with Gasteiger partial charge in [-0.25, -0.2) is 0 Å². The number of unbranched alkanes of at least 4 members (excludes halogenated alkanes) is 1. The Morgan fingerprint density at radius 2 is 1.93 bits per heavy atom. The lowest BCUT2D eigenvalue weighted by Gasteiger charge is -2.14. The first kappa shape index (κ1) is 12.1. The Labute approximate surface area is 92.4 Å². The second-order valence-electron chi connectivity index (χ2n) is 3.95. The molecule has 0 aromatic heterocycles. The molecule has 0 aliphatic carbocycles. The lowest BCUT2D eigenvalue weighted by atomic mass is 10.0. The van der Waals surface area contributed by atoms with E-state index in [-0.39, 0.29) is 0 Å². The zero-order chi connectivity index (χ0) is 11.1. The summed E-state index contributed by atoms with van der Waals surface area (Å²) in [5, 5.41) is 0. The average Bonchev–Trinajstić information content (AvgIpc) is 2.27. The maximum absolute atomic E-state index is 5.64. The summed E-state index contributed by atoms with van der Waals surface area (Å²) >= 11 is 0. The molecule has 0 spiro atoms. The number of nitrogen functional groups attached to an aromatic ring is 1. The van der Waals surface area contributed by atoms with Crippen molar-refractivity contribution in [3.8, 4) is 0 Å². The van der Waals surface area contributed by atoms with Gasteiger partial charge in [-0.3, -0.25) is 0 Å². The number of nitrogens with two attached hydrogens (primary N) is 1. The van der Waals surface area contributed by atoms with Crippen LogP contribution in [0, 0.1) is 0 Å². The Bertz CT molecular complexity index is 268. The fourth-order valence-corrected chi connectivity index (χ4v) is 1.65. The van der Waals surface area contributed by atoms with Gasteiger partial charge < -0.3 is 10.5 Å². The van der Waals surface area contributed by atoms with Gasteiger partial charge in [-0.15, -0.1) is 0 Å². The normalized spacial score (nSPS) is 12.7. The SMILES string of the molecule is CCCCC(Cc1ccc(N)cc1)OC. The summed E-state index contributed by atoms with van der Waals surface area (Å²) in [5.74, 6) is 0. The fourth-order valence-electron chi connectivity index (χ4n) is 1.65. The third kappa shape index (κ3) is 4.34. The highest BCUT2D eigenvalue weighted by molar-refractivity contribution is 5.39. The highest BCUT2D eigenvalue weighted by Crippen LogP contribution is 2.13. The molecule has 1 rings (SSSR count). The van der Waals surface area contributed by atoms with Crippen molar-refractivity contribution in [2.75, 3.05) is 12.8 Å². The predicted molar refractivity (Wildman–Crippen MR) is 64.9 cm³/mol. The van der Waals surface area contributed by atoms with E-state index >= 15 is 0 Å². The molecule has 1 atom stereocenters. The van der Waals surface area contributed by atoms with Gasteiger partial charge in [0.15, 0.2) is 0 Å². The van der Waals surface area contributed by atoms with Crippen LogP contribution in [0.1, 0.15) is 31.7 Å². The number of rotatable bonds is 6. The molecule has 0 radical (unpaired) electrons. The number of benzene rings is 1. The monoisotopic (exact) mass is 207 g/mol. The molecule has 0 fully saturated rings. The highest BCUT2D eigenvalue weighted by Gasteiger charge is 2.07. The molecule has 0 bridgehead atoms. The van der Waals surface area contributed by atoms with Gasteiger partial charge in [-0.05, 0) is 30.5 Å². The van der Waals surface area contributed by atoms with Crippen LogP contribution in [-0.4, -0.2) is 13.2 Å². The summed E-state index contributed by atoms with van der Waals surface area (Å²) in [4.78, 5) is 0. The summed E-state index contributed by atoms with van der Waals surface area (Å²) in [5.41, 5.74) is 7.76. The standard InChI is InChI=1S/C13H21NO/c1-3-4-5-13(15-2)10-11-6-8-12(14)9-7-11/h6-9,13H,3-5,10,14H2,1-2H3. The Morgan fingerprint density at radius 3 is 2.47 bits per heavy atom. The van der Waals surface area contributed by atoms with Crippen LogP contribution >= 0.6 is 0 Å². The number of ether oxygens (including phenoxy) is 1. The summed E-state index contributed by atoms with van der Waals surface area (Å²) in [6, 6.07) is 8.05. The molecule has 2 nitrogen and oxygen atoms in total. The molecule has 1 aromatic carbocycles. The molecule has 2 N–H and O–H groups in total. The van der Waals surface area contributed by atoms with Crippen molar-refractivity contribution in [3.05, 3.63) is 29.8 Å². The van der Waals surface area contributed by atoms with Crippen molar-refractivity contribution in [2.45, 2.75) is 38.7 Å². The van der Waals surface area contributed by atoms with Crippen LogP contribution in [-0.2, 0) is 11.2 Å². The van der Waals surface area contributed by atoms with Crippen LogP contribution in [0.3, 0.4) is 0 Å². The minimum Gasteiger partial charge on any atom is -0.399 e. The van der Waals surface area contributed by atoms with E-state index in [4.69, 9.17) is 10.5 Å². The van der Waals surface area contributed by atoms with Crippen molar-refractivity contribution < 1.29 is 4.74 Å². The first-order chi connectivity index (χ1) is 7.26. The Kier molecular flexibility index (Phi) is 5.19. The summed E-state index contributed by atoms with van der Waals surface area (Å²) < 4.78 is 5.46. The van der Waals surface area contributed by atoms with E-state index in [1.165, 1.54) is 18.4 Å². The molecule has 0 saturated carbocycles. The Hall–Kier alpha value is -1.02. The molecular formula is C13H21NO. The van der Waals surface area contributed by atoms with E-state index in [0.29, 0.717) is 6.10 Å². The lowest BCUT2D eigenvalue weighted by molar-refractivity contribution is 0.0936. The largest absolute Gasteiger partial charge is 0.399 e. The average molecular weight is 207 g/mol. The van der Waals surface area contributed by atoms with Gasteiger partial charge in [-0.2, -0.15) is 0 Å². The number of hydrogen-bond donors (Lipinski definition) is 1. The zero-order valence-corrected chi connectivity index (χ0v) is 9.70. The highest BCUT2D eigenvalue weighted by atomic mass is 16.5. The predicted octanol–water partition coefficient (Wildman–Crippen LogP) is 3.02. The maximum atomic E-state index is 5.64. The third-order valence-electron chi connectivity index (χ3n) is 2.66. The van der Waals surface area contributed by atoms with Gasteiger partial charge in [0.25, 0.3) is 0 Å². The van der Waals surface area contributed by atoms with E-state index < -0.39 is 0 Å². The fraction of sp³-hybridized carbons (Fsp3) is 0.538. The van der Waals surface area contributed by atoms with Crippen molar-refractivity contribution in [1.29, 1.82) is 0 Å². The van der Waals surface area contributed by atoms with E-state index in [1.807, 2.05) is 12.1 Å². The molecule has 0 saturated heterocycles. The van der Waals surface area contributed by atoms with Crippen molar-refractivity contribution in [2.24, 2.45) is 0 Å². The van der Waals surface area contributed by atoms with E-state index in [0.717, 1.165) is 18.5 Å². The van der Waals surface area contributed by atoms with Gasteiger partial charge in [0.1, 0.15) is 0 Å². The van der Waals surface area contributed by atoms with Crippen LogP contribution < -0.4 is 5.73 Å². The van der Waals surface area contributed by atoms with Crippen LogP contribution in [0.25, 0.3) is 0 Å². The van der Waals surface area contributed by atoms with Gasteiger partial charge in [0.2, 0.25) is 0 Å². The maximum Gasteiger partial charge on any atom is 0.0611 e. The summed E-state index contributed by atoms with van der Waals surface area (Å²) in [6.45, 7) is 2.20. The smallest absolute Gasteiger partial charge is 0.0611 e. The first-order valence-electron chi connectivity index (χ1n) is 5.63. The summed E-state index contributed by atoms with van der Waals surface area (Å²) in [7, 11) is 1.79. The molecule has 0 aliphatic rings. The van der Waals surface area contributed by atoms with Gasteiger partial charge in [-0.1, -0.05) is 31.9 Å². The molecule has 84 valence electrons. The van der Waals surface area contributed by atoms with Crippen LogP contribution in [0.15, 0.2) is 24.3 Å². The van der Waals surface area contributed by atoms with E-state index in [9.17, 15) is 0 Å². The number of hydrogen-bond acceptors (Lipinski definition) is 2. The van der Waals surface area contributed by atoms with Crippen LogP contribution in [0.2, 0.25) is 0 Å². The summed E-state index contributed by atoms with van der Waals surface area (Å²) in [6.07, 6.45) is 4.91. The molecule has 1 aromatic rings. The topological polar surface area (TPSA) is 35.2 Å². The number of anilines is 1. The minimum atomic E-state index is 0.341. The molecule has 0 aliphatic heterocycles. The third-order valence-corrected chi connectivity index (χ3v) is 2.66. The Balaban J connectivity index is 2.47. The molecule has 2 heteroatoms. The second-order valence-corrected chi connectivity index (χ2v) is 3.95. The van der Waals surface area contributed by atoms with Crippen LogP contribution in [0.4, 0.5) is 5.69 Å². The quantitative estimate of drug-likeness (QED) is 0.728. The zero-order valence-electron chi connectivity index (χ0n) is 9.70. The molecular weight excluding hydrogens is 186 g/mol. The first-order valence-corrected chi connectivity index (χ1v) is 5.63. The van der Waals surface area contributed by atoms with Crippen molar-refractivity contribution >= 4 is 5.69 Å². The van der Waals surface area contributed by atoms with Gasteiger partial charge in [0, 0.05) is 12.8 Å². The minimum absolute atomic E-state index is 0.341. The molecule has 0 heterocycles. The van der Waals surface area contributed by atoms with Gasteiger partial charge in [0.05, 0.1) is 6.10 Å². The molecule has 0 amide bonds.